The molecule has 0 aliphatic carbocycles. The largest absolute Gasteiger partial charge is 0.483 e. The Morgan fingerprint density at radius 3 is 2.61 bits per heavy atom. The minimum atomic E-state index is 0.250. The number of hydrogen-bond acceptors (Lipinski definition) is 5. The second-order valence-electron chi connectivity index (χ2n) is 3.19. The van der Waals surface area contributed by atoms with Crippen LogP contribution in [0.3, 0.4) is 0 Å². The first-order valence-corrected chi connectivity index (χ1v) is 5.74. The summed E-state index contributed by atoms with van der Waals surface area (Å²) in [5.41, 5.74) is 0.862. The number of para-hydroxylation sites is 1. The maximum atomic E-state index is 8.12. The van der Waals surface area contributed by atoms with E-state index >= 15 is 0 Å². The number of ether oxygens (including phenoxy) is 1. The molecule has 0 fully saturated rings. The van der Waals surface area contributed by atoms with Crippen molar-refractivity contribution in [1.82, 2.24) is 4.98 Å². The first-order valence-electron chi connectivity index (χ1n) is 4.95. The van der Waals surface area contributed by atoms with Crippen LogP contribution in [-0.2, 0) is 16.2 Å². The third-order valence-electron chi connectivity index (χ3n) is 1.85. The smallest absolute Gasteiger partial charge is 0.373 e. The molecular formula is C12H10BrNO4. The van der Waals surface area contributed by atoms with Crippen LogP contribution in [0.15, 0.2) is 39.4 Å². The van der Waals surface area contributed by atoms with E-state index in [-0.39, 0.29) is 6.15 Å². The molecule has 0 unspecified atom stereocenters. The summed E-state index contributed by atoms with van der Waals surface area (Å²) in [5, 5.41) is 0. The van der Waals surface area contributed by atoms with Crippen molar-refractivity contribution in [3.05, 3.63) is 46.6 Å². The summed E-state index contributed by atoms with van der Waals surface area (Å²) in [4.78, 5) is 20.4. The second kappa shape index (κ2) is 7.42. The van der Waals surface area contributed by atoms with Crippen LogP contribution >= 0.6 is 15.9 Å². The number of hydrogen-bond donors (Lipinski definition) is 0. The predicted octanol–water partition coefficient (Wildman–Crippen LogP) is 2.74. The molecule has 0 saturated carbocycles. The fourth-order valence-electron chi connectivity index (χ4n) is 1.17. The molecule has 1 heterocycles. The zero-order chi connectivity index (χ0) is 13.4. The van der Waals surface area contributed by atoms with Crippen molar-refractivity contribution >= 4 is 22.1 Å². The van der Waals surface area contributed by atoms with Crippen LogP contribution in [0.25, 0.3) is 0 Å². The van der Waals surface area contributed by atoms with Gasteiger partial charge >= 0.3 is 6.15 Å². The lowest BCUT2D eigenvalue weighted by atomic mass is 10.3. The first kappa shape index (κ1) is 14.2. The number of aryl methyl sites for hydroxylation is 1. The molecule has 0 radical (unpaired) electrons. The molecule has 0 atom stereocenters. The Bertz CT molecular complexity index is 532. The van der Waals surface area contributed by atoms with Gasteiger partial charge in [0.25, 0.3) is 0 Å². The molecule has 0 aliphatic rings. The first-order chi connectivity index (χ1) is 8.67. The van der Waals surface area contributed by atoms with E-state index in [2.05, 4.69) is 20.9 Å². The third-order valence-corrected chi connectivity index (χ3v) is 2.51. The quantitative estimate of drug-likeness (QED) is 0.871. The summed E-state index contributed by atoms with van der Waals surface area (Å²) in [7, 11) is 0. The van der Waals surface area contributed by atoms with Gasteiger partial charge in [-0.05, 0) is 35.0 Å². The predicted molar refractivity (Wildman–Crippen MR) is 64.7 cm³/mol. The standard InChI is InChI=1S/C11H10BrNO2.CO2/c1-8-6-15-11(13-8)7-14-10-5-3-2-4-9(10)12;2-1-3/h2-6H,7H2,1H3;. The highest BCUT2D eigenvalue weighted by atomic mass is 79.9. The van der Waals surface area contributed by atoms with E-state index in [1.54, 1.807) is 6.26 Å². The molecule has 5 nitrogen and oxygen atoms in total. The van der Waals surface area contributed by atoms with Gasteiger partial charge in [0.05, 0.1) is 10.2 Å². The molecule has 2 aromatic rings. The normalized spacial score (nSPS) is 9.00. The Morgan fingerprint density at radius 1 is 1.39 bits per heavy atom. The molecular weight excluding hydrogens is 302 g/mol. The highest BCUT2D eigenvalue weighted by molar-refractivity contribution is 9.10. The van der Waals surface area contributed by atoms with Crippen molar-refractivity contribution in [2.75, 3.05) is 0 Å². The third kappa shape index (κ3) is 4.53. The fourth-order valence-corrected chi connectivity index (χ4v) is 1.57. The number of rotatable bonds is 3. The van der Waals surface area contributed by atoms with Crippen LogP contribution in [0.5, 0.6) is 5.75 Å². The van der Waals surface area contributed by atoms with E-state index < -0.39 is 0 Å². The Labute approximate surface area is 112 Å². The fraction of sp³-hybridized carbons (Fsp3) is 0.167. The van der Waals surface area contributed by atoms with Gasteiger partial charge in [0, 0.05) is 0 Å². The summed E-state index contributed by atoms with van der Waals surface area (Å²) < 4.78 is 11.6. The molecule has 0 N–H and O–H groups in total. The Hall–Kier alpha value is -1.91. The van der Waals surface area contributed by atoms with Gasteiger partial charge in [0.1, 0.15) is 12.0 Å². The van der Waals surface area contributed by atoms with Gasteiger partial charge in [-0.25, -0.2) is 4.98 Å². The second-order valence-corrected chi connectivity index (χ2v) is 4.04. The Morgan fingerprint density at radius 2 is 2.06 bits per heavy atom. The van der Waals surface area contributed by atoms with Crippen LogP contribution < -0.4 is 4.74 Å². The molecule has 18 heavy (non-hydrogen) atoms. The molecule has 1 aromatic carbocycles. The molecule has 0 bridgehead atoms. The van der Waals surface area contributed by atoms with E-state index in [9.17, 15) is 0 Å². The van der Waals surface area contributed by atoms with E-state index in [1.807, 2.05) is 31.2 Å². The number of carbonyl (C=O) groups excluding carboxylic acids is 2. The Balaban J connectivity index is 0.000000492. The Kier molecular flexibility index (Phi) is 5.84. The summed E-state index contributed by atoms with van der Waals surface area (Å²) in [6, 6.07) is 7.67. The van der Waals surface area contributed by atoms with Crippen LogP contribution in [0.2, 0.25) is 0 Å². The minimum Gasteiger partial charge on any atom is -0.483 e. The number of benzene rings is 1. The van der Waals surface area contributed by atoms with Crippen LogP contribution in [0.4, 0.5) is 0 Å². The van der Waals surface area contributed by atoms with Gasteiger partial charge in [-0.15, -0.1) is 0 Å². The molecule has 0 aliphatic heterocycles. The maximum Gasteiger partial charge on any atom is 0.373 e. The zero-order valence-electron chi connectivity index (χ0n) is 9.55. The maximum absolute atomic E-state index is 8.12. The molecule has 1 aromatic heterocycles. The lowest BCUT2D eigenvalue weighted by Crippen LogP contribution is -1.96. The molecule has 2 rings (SSSR count). The minimum absolute atomic E-state index is 0.250. The molecule has 0 saturated heterocycles. The zero-order valence-corrected chi connectivity index (χ0v) is 11.1. The molecule has 0 spiro atoms. The van der Waals surface area contributed by atoms with Crippen LogP contribution in [-0.4, -0.2) is 11.1 Å². The molecule has 94 valence electrons. The highest BCUT2D eigenvalue weighted by Crippen LogP contribution is 2.24. The summed E-state index contributed by atoms with van der Waals surface area (Å²) in [5.74, 6) is 1.37. The van der Waals surface area contributed by atoms with Crippen molar-refractivity contribution in [3.8, 4) is 5.75 Å². The van der Waals surface area contributed by atoms with Gasteiger partial charge in [-0.3, -0.25) is 0 Å². The molecule has 6 heteroatoms. The van der Waals surface area contributed by atoms with Gasteiger partial charge in [-0.2, -0.15) is 9.59 Å². The van der Waals surface area contributed by atoms with Gasteiger partial charge in [0.15, 0.2) is 6.61 Å². The highest BCUT2D eigenvalue weighted by Gasteiger charge is 2.03. The lowest BCUT2D eigenvalue weighted by Gasteiger charge is -2.04. The van der Waals surface area contributed by atoms with Crippen molar-refractivity contribution in [2.24, 2.45) is 0 Å². The molecule has 0 amide bonds. The van der Waals surface area contributed by atoms with Crippen molar-refractivity contribution in [2.45, 2.75) is 13.5 Å². The van der Waals surface area contributed by atoms with Gasteiger partial charge in [-0.1, -0.05) is 12.1 Å². The monoisotopic (exact) mass is 311 g/mol. The van der Waals surface area contributed by atoms with E-state index in [0.717, 1.165) is 15.9 Å². The number of halogens is 1. The SMILES string of the molecule is Cc1coc(COc2ccccc2Br)n1.O=C=O. The van der Waals surface area contributed by atoms with Crippen molar-refractivity contribution in [1.29, 1.82) is 0 Å². The average Bonchev–Trinajstić information content (AvgIpc) is 2.75. The van der Waals surface area contributed by atoms with E-state index in [0.29, 0.717) is 12.5 Å². The number of aromatic nitrogens is 1. The van der Waals surface area contributed by atoms with Gasteiger partial charge < -0.3 is 9.15 Å². The summed E-state index contributed by atoms with van der Waals surface area (Å²) >= 11 is 3.40. The summed E-state index contributed by atoms with van der Waals surface area (Å²) in [6.07, 6.45) is 1.86. The average molecular weight is 312 g/mol. The van der Waals surface area contributed by atoms with Crippen LogP contribution in [0, 0.1) is 6.92 Å². The number of nitrogens with zero attached hydrogens (tertiary/aromatic N) is 1. The van der Waals surface area contributed by atoms with Crippen molar-refractivity contribution < 1.29 is 18.7 Å². The van der Waals surface area contributed by atoms with E-state index in [1.165, 1.54) is 0 Å². The van der Waals surface area contributed by atoms with E-state index in [4.69, 9.17) is 18.7 Å². The van der Waals surface area contributed by atoms with Gasteiger partial charge in [0.2, 0.25) is 5.89 Å². The number of oxazole rings is 1. The van der Waals surface area contributed by atoms with Crippen LogP contribution in [0.1, 0.15) is 11.6 Å². The summed E-state index contributed by atoms with van der Waals surface area (Å²) in [6.45, 7) is 2.22. The lowest BCUT2D eigenvalue weighted by molar-refractivity contribution is -0.191. The topological polar surface area (TPSA) is 69.4 Å². The van der Waals surface area contributed by atoms with Crippen molar-refractivity contribution in [3.63, 3.8) is 0 Å².